The van der Waals surface area contributed by atoms with Crippen LogP contribution in [-0.2, 0) is 4.79 Å². The summed E-state index contributed by atoms with van der Waals surface area (Å²) in [5.41, 5.74) is -1.19. The first-order valence-electron chi connectivity index (χ1n) is 6.86. The van der Waals surface area contributed by atoms with Crippen LogP contribution in [0.3, 0.4) is 0 Å². The molecule has 1 aliphatic heterocycles. The Kier molecular flexibility index (Phi) is 4.48. The molecule has 0 bridgehead atoms. The summed E-state index contributed by atoms with van der Waals surface area (Å²) >= 11 is 0. The molecule has 1 rings (SSSR count). The molecule has 0 aromatic carbocycles. The van der Waals surface area contributed by atoms with Gasteiger partial charge in [-0.15, -0.1) is 0 Å². The molecule has 0 spiro atoms. The number of urea groups is 1. The van der Waals surface area contributed by atoms with Gasteiger partial charge >= 0.3 is 12.0 Å². The van der Waals surface area contributed by atoms with Gasteiger partial charge in [0.25, 0.3) is 0 Å². The van der Waals surface area contributed by atoms with Crippen LogP contribution in [0, 0.1) is 11.8 Å². The second-order valence-corrected chi connectivity index (χ2v) is 6.42. The van der Waals surface area contributed by atoms with Crippen molar-refractivity contribution in [3.63, 3.8) is 0 Å². The van der Waals surface area contributed by atoms with Crippen molar-refractivity contribution in [2.45, 2.75) is 52.6 Å². The summed E-state index contributed by atoms with van der Waals surface area (Å²) in [6.07, 6.45) is 1.11. The Labute approximate surface area is 115 Å². The standard InChI is InChI=1S/C14H26N2O3/c1-9-7-10(2)11(3)16(8-9)13(19)15(6)14(4,5)12(17)18/h9-11H,7-8H2,1-6H3,(H,17,18). The molecule has 1 fully saturated rings. The zero-order valence-corrected chi connectivity index (χ0v) is 12.8. The van der Waals surface area contributed by atoms with Gasteiger partial charge in [0.1, 0.15) is 5.54 Å². The summed E-state index contributed by atoms with van der Waals surface area (Å²) in [7, 11) is 1.56. The molecule has 1 heterocycles. The first-order chi connectivity index (χ1) is 8.59. The van der Waals surface area contributed by atoms with Crippen LogP contribution in [0.2, 0.25) is 0 Å². The Morgan fingerprint density at radius 2 is 1.79 bits per heavy atom. The van der Waals surface area contributed by atoms with Crippen molar-refractivity contribution >= 4 is 12.0 Å². The summed E-state index contributed by atoms with van der Waals surface area (Å²) in [6.45, 7) is 10.1. The smallest absolute Gasteiger partial charge is 0.329 e. The number of aliphatic carboxylic acids is 1. The van der Waals surface area contributed by atoms with Crippen LogP contribution in [0.5, 0.6) is 0 Å². The minimum Gasteiger partial charge on any atom is -0.480 e. The van der Waals surface area contributed by atoms with Gasteiger partial charge in [-0.2, -0.15) is 0 Å². The lowest BCUT2D eigenvalue weighted by atomic mass is 9.86. The number of carboxylic acids is 1. The van der Waals surface area contributed by atoms with E-state index >= 15 is 0 Å². The van der Waals surface area contributed by atoms with Gasteiger partial charge in [0, 0.05) is 19.6 Å². The summed E-state index contributed by atoms with van der Waals surface area (Å²) in [5, 5.41) is 9.22. The van der Waals surface area contributed by atoms with Crippen LogP contribution < -0.4 is 0 Å². The molecule has 1 aliphatic rings. The number of hydrogen-bond acceptors (Lipinski definition) is 2. The number of carboxylic acid groups (broad SMARTS) is 1. The highest BCUT2D eigenvalue weighted by Gasteiger charge is 2.40. The van der Waals surface area contributed by atoms with Crippen LogP contribution >= 0.6 is 0 Å². The number of carbonyl (C=O) groups excluding carboxylic acids is 1. The third kappa shape index (κ3) is 3.01. The topological polar surface area (TPSA) is 60.9 Å². The fourth-order valence-electron chi connectivity index (χ4n) is 2.54. The molecule has 5 heteroatoms. The summed E-state index contributed by atoms with van der Waals surface area (Å²) in [4.78, 5) is 26.9. The highest BCUT2D eigenvalue weighted by Crippen LogP contribution is 2.28. The first-order valence-corrected chi connectivity index (χ1v) is 6.86. The quantitative estimate of drug-likeness (QED) is 0.837. The van der Waals surface area contributed by atoms with Gasteiger partial charge < -0.3 is 14.9 Å². The number of amides is 2. The number of hydrogen-bond donors (Lipinski definition) is 1. The van der Waals surface area contributed by atoms with Gasteiger partial charge in [0.2, 0.25) is 0 Å². The van der Waals surface area contributed by atoms with Crippen LogP contribution in [-0.4, -0.2) is 52.1 Å². The number of carbonyl (C=O) groups is 2. The van der Waals surface area contributed by atoms with E-state index in [1.165, 1.54) is 4.90 Å². The number of likely N-dealkylation sites (tertiary alicyclic amines) is 1. The predicted octanol–water partition coefficient (Wildman–Crippen LogP) is 2.27. The zero-order valence-electron chi connectivity index (χ0n) is 12.8. The summed E-state index contributed by atoms with van der Waals surface area (Å²) < 4.78 is 0. The Morgan fingerprint density at radius 1 is 1.26 bits per heavy atom. The van der Waals surface area contributed by atoms with E-state index in [0.717, 1.165) is 6.42 Å². The average molecular weight is 270 g/mol. The Hall–Kier alpha value is -1.26. The van der Waals surface area contributed by atoms with Crippen molar-refractivity contribution < 1.29 is 14.7 Å². The second kappa shape index (κ2) is 5.39. The monoisotopic (exact) mass is 270 g/mol. The molecule has 19 heavy (non-hydrogen) atoms. The fourth-order valence-corrected chi connectivity index (χ4v) is 2.54. The van der Waals surface area contributed by atoms with E-state index in [1.54, 1.807) is 20.9 Å². The highest BCUT2D eigenvalue weighted by molar-refractivity contribution is 5.85. The second-order valence-electron chi connectivity index (χ2n) is 6.42. The van der Waals surface area contributed by atoms with Crippen LogP contribution in [0.25, 0.3) is 0 Å². The minimum atomic E-state index is -1.19. The van der Waals surface area contributed by atoms with E-state index in [0.29, 0.717) is 18.4 Å². The molecule has 3 atom stereocenters. The van der Waals surface area contributed by atoms with Crippen LogP contribution in [0.15, 0.2) is 0 Å². The van der Waals surface area contributed by atoms with Crippen LogP contribution in [0.1, 0.15) is 41.0 Å². The number of piperidine rings is 1. The molecule has 5 nitrogen and oxygen atoms in total. The molecule has 0 aromatic heterocycles. The lowest BCUT2D eigenvalue weighted by Crippen LogP contribution is -2.59. The van der Waals surface area contributed by atoms with Crippen molar-refractivity contribution in [1.29, 1.82) is 0 Å². The Morgan fingerprint density at radius 3 is 2.26 bits per heavy atom. The maximum Gasteiger partial charge on any atom is 0.329 e. The molecule has 1 saturated heterocycles. The van der Waals surface area contributed by atoms with Gasteiger partial charge in [-0.25, -0.2) is 9.59 Å². The highest BCUT2D eigenvalue weighted by atomic mass is 16.4. The van der Waals surface area contributed by atoms with E-state index in [4.69, 9.17) is 0 Å². The van der Waals surface area contributed by atoms with E-state index < -0.39 is 11.5 Å². The summed E-state index contributed by atoms with van der Waals surface area (Å²) in [6, 6.07) is -0.0472. The largest absolute Gasteiger partial charge is 0.480 e. The maximum absolute atomic E-state index is 12.5. The normalized spacial score (nSPS) is 28.1. The lowest BCUT2D eigenvalue weighted by molar-refractivity contribution is -0.147. The van der Waals surface area contributed by atoms with E-state index in [-0.39, 0.29) is 12.1 Å². The molecule has 110 valence electrons. The Bertz CT molecular complexity index is 368. The van der Waals surface area contributed by atoms with Gasteiger partial charge in [0.15, 0.2) is 0 Å². The lowest BCUT2D eigenvalue weighted by Gasteiger charge is -2.44. The average Bonchev–Trinajstić information content (AvgIpc) is 2.31. The molecule has 2 amide bonds. The van der Waals surface area contributed by atoms with Crippen molar-refractivity contribution in [2.24, 2.45) is 11.8 Å². The SMILES string of the molecule is CC1CC(C)C(C)N(C(=O)N(C)C(C)(C)C(=O)O)C1. The molecule has 3 unspecified atom stereocenters. The zero-order chi connectivity index (χ0) is 15.0. The number of nitrogens with zero attached hydrogens (tertiary/aromatic N) is 2. The molecule has 0 saturated carbocycles. The summed E-state index contributed by atoms with van der Waals surface area (Å²) in [5.74, 6) is -0.0976. The predicted molar refractivity (Wildman–Crippen MR) is 74.0 cm³/mol. The van der Waals surface area contributed by atoms with E-state index in [2.05, 4.69) is 13.8 Å². The maximum atomic E-state index is 12.5. The fraction of sp³-hybridized carbons (Fsp3) is 0.857. The third-order valence-corrected chi connectivity index (χ3v) is 4.49. The Balaban J connectivity index is 2.90. The van der Waals surface area contributed by atoms with Crippen LogP contribution in [0.4, 0.5) is 4.79 Å². The van der Waals surface area contributed by atoms with Crippen molar-refractivity contribution in [2.75, 3.05) is 13.6 Å². The number of rotatable bonds is 2. The molecular weight excluding hydrogens is 244 g/mol. The minimum absolute atomic E-state index is 0.149. The van der Waals surface area contributed by atoms with Crippen molar-refractivity contribution in [3.8, 4) is 0 Å². The van der Waals surface area contributed by atoms with Gasteiger partial charge in [0.05, 0.1) is 0 Å². The molecule has 1 N–H and O–H groups in total. The van der Waals surface area contributed by atoms with E-state index in [9.17, 15) is 14.7 Å². The third-order valence-electron chi connectivity index (χ3n) is 4.49. The van der Waals surface area contributed by atoms with Crippen molar-refractivity contribution in [3.05, 3.63) is 0 Å². The molecule has 0 aromatic rings. The molecular formula is C14H26N2O3. The van der Waals surface area contributed by atoms with Gasteiger partial charge in [-0.1, -0.05) is 13.8 Å². The van der Waals surface area contributed by atoms with Gasteiger partial charge in [-0.3, -0.25) is 0 Å². The van der Waals surface area contributed by atoms with Crippen molar-refractivity contribution in [1.82, 2.24) is 9.80 Å². The molecule has 0 aliphatic carbocycles. The van der Waals surface area contributed by atoms with E-state index in [1.807, 2.05) is 11.8 Å². The molecule has 0 radical (unpaired) electrons. The van der Waals surface area contributed by atoms with Gasteiger partial charge in [-0.05, 0) is 39.0 Å². The first kappa shape index (κ1) is 15.8. The number of likely N-dealkylation sites (N-methyl/N-ethyl adjacent to an activating group) is 1.